The number of amides is 1. The fraction of sp³-hybridized carbons (Fsp3) is 0.158. The number of nitrogens with one attached hydrogen (secondary N) is 1. The minimum atomic E-state index is -4.06. The summed E-state index contributed by atoms with van der Waals surface area (Å²) in [6, 6.07) is 11.1. The van der Waals surface area contributed by atoms with Crippen LogP contribution in [0.25, 0.3) is 0 Å². The van der Waals surface area contributed by atoms with Gasteiger partial charge in [0.05, 0.1) is 12.7 Å². The number of halogens is 1. The minimum absolute atomic E-state index is 0.171. The molecule has 1 aromatic heterocycles. The van der Waals surface area contributed by atoms with Crippen LogP contribution in [0.2, 0.25) is 0 Å². The molecule has 0 unspecified atom stereocenters. The fourth-order valence-electron chi connectivity index (χ4n) is 3.05. The molecule has 3 aromatic rings. The van der Waals surface area contributed by atoms with Gasteiger partial charge in [-0.1, -0.05) is 17.3 Å². The highest BCUT2D eigenvalue weighted by Gasteiger charge is 2.24. The maximum atomic E-state index is 13.8. The van der Waals surface area contributed by atoms with E-state index in [1.165, 1.54) is 42.5 Å². The number of hydrogen-bond donors (Lipinski definition) is 1. The van der Waals surface area contributed by atoms with E-state index >= 15 is 0 Å². The number of carbonyl (C=O) groups excluding carboxylic acids is 1. The second kappa shape index (κ2) is 7.08. The fourth-order valence-corrected chi connectivity index (χ4v) is 4.19. The van der Waals surface area contributed by atoms with E-state index in [1.807, 2.05) is 0 Å². The van der Waals surface area contributed by atoms with Gasteiger partial charge < -0.3 is 9.42 Å². The Kier molecular flexibility index (Phi) is 4.60. The van der Waals surface area contributed by atoms with E-state index in [0.717, 1.165) is 17.4 Å². The van der Waals surface area contributed by atoms with E-state index < -0.39 is 20.7 Å². The predicted molar refractivity (Wildman–Crippen MR) is 98.6 cm³/mol. The highest BCUT2D eigenvalue weighted by atomic mass is 32.2. The average Bonchev–Trinajstić information content (AvgIpc) is 3.16. The van der Waals surface area contributed by atoms with Crippen LogP contribution in [-0.2, 0) is 23.0 Å². The lowest BCUT2D eigenvalue weighted by Gasteiger charge is -2.25. The highest BCUT2D eigenvalue weighted by molar-refractivity contribution is 7.92. The van der Waals surface area contributed by atoms with Crippen LogP contribution in [0.4, 0.5) is 10.1 Å². The lowest BCUT2D eigenvalue weighted by Crippen LogP contribution is -2.35. The van der Waals surface area contributed by atoms with Crippen LogP contribution in [0.3, 0.4) is 0 Å². The monoisotopic (exact) mass is 401 g/mol. The number of fused-ring (bicyclic) bond motifs is 1. The van der Waals surface area contributed by atoms with Crippen molar-refractivity contribution in [2.24, 2.45) is 0 Å². The minimum Gasteiger partial charge on any atom is -0.361 e. The van der Waals surface area contributed by atoms with Gasteiger partial charge in [-0.2, -0.15) is 0 Å². The maximum Gasteiger partial charge on any atom is 0.264 e. The Balaban J connectivity index is 1.48. The van der Waals surface area contributed by atoms with Crippen molar-refractivity contribution in [3.05, 3.63) is 77.4 Å². The normalized spacial score (nSPS) is 13.8. The molecule has 144 valence electrons. The average molecular weight is 401 g/mol. The van der Waals surface area contributed by atoms with Crippen molar-refractivity contribution in [3.8, 4) is 0 Å². The second-order valence-corrected chi connectivity index (χ2v) is 8.02. The largest absolute Gasteiger partial charge is 0.361 e. The zero-order valence-corrected chi connectivity index (χ0v) is 15.4. The van der Waals surface area contributed by atoms with E-state index in [2.05, 4.69) is 9.88 Å². The molecule has 7 nitrogen and oxygen atoms in total. The molecule has 1 aliphatic rings. The number of sulfonamides is 1. The molecule has 0 aliphatic carbocycles. The van der Waals surface area contributed by atoms with Crippen molar-refractivity contribution in [1.82, 2.24) is 10.1 Å². The molecule has 1 N–H and O–H groups in total. The molecular weight excluding hydrogens is 385 g/mol. The van der Waals surface area contributed by atoms with Crippen molar-refractivity contribution in [3.63, 3.8) is 0 Å². The summed E-state index contributed by atoms with van der Waals surface area (Å²) < 4.78 is 45.9. The Hall–Kier alpha value is -3.20. The van der Waals surface area contributed by atoms with Gasteiger partial charge in [-0.3, -0.25) is 9.52 Å². The Morgan fingerprint density at radius 3 is 2.64 bits per heavy atom. The van der Waals surface area contributed by atoms with Crippen molar-refractivity contribution in [1.29, 1.82) is 0 Å². The van der Waals surface area contributed by atoms with Crippen molar-refractivity contribution >= 4 is 21.6 Å². The smallest absolute Gasteiger partial charge is 0.264 e. The van der Waals surface area contributed by atoms with Gasteiger partial charge in [-0.05, 0) is 36.4 Å². The number of nitrogens with zero attached hydrogens (tertiary/aromatic N) is 2. The van der Waals surface area contributed by atoms with Crippen LogP contribution >= 0.6 is 0 Å². The predicted octanol–water partition coefficient (Wildman–Crippen LogP) is 2.81. The summed E-state index contributed by atoms with van der Waals surface area (Å²) in [7, 11) is -4.06. The number of carbonyl (C=O) groups is 1. The molecule has 0 saturated carbocycles. The van der Waals surface area contributed by atoms with Crippen LogP contribution in [0, 0.1) is 5.82 Å². The molecule has 28 heavy (non-hydrogen) atoms. The summed E-state index contributed by atoms with van der Waals surface area (Å²) in [5.41, 5.74) is 1.54. The number of anilines is 1. The zero-order valence-electron chi connectivity index (χ0n) is 14.6. The highest BCUT2D eigenvalue weighted by Crippen LogP contribution is 2.22. The third-order valence-electron chi connectivity index (χ3n) is 4.50. The van der Waals surface area contributed by atoms with Gasteiger partial charge in [0.1, 0.15) is 16.5 Å². The molecule has 9 heteroatoms. The molecule has 0 fully saturated rings. The standard InChI is InChI=1S/C19H16FN3O4S/c20-16-3-1-2-4-18(16)28(25,26)22-15-7-5-13(6-8-15)19(24)23-10-9-17-14(12-23)11-21-27-17/h1-8,11,22H,9-10,12H2. The molecule has 0 saturated heterocycles. The van der Waals surface area contributed by atoms with E-state index in [0.29, 0.717) is 25.1 Å². The van der Waals surface area contributed by atoms with Gasteiger partial charge in [0, 0.05) is 29.8 Å². The zero-order chi connectivity index (χ0) is 19.7. The number of aromatic nitrogens is 1. The van der Waals surface area contributed by atoms with Crippen LogP contribution in [0.15, 0.2) is 64.1 Å². The SMILES string of the molecule is O=C(c1ccc(NS(=O)(=O)c2ccccc2F)cc1)N1CCc2oncc2C1. The quantitative estimate of drug-likeness (QED) is 0.726. The first-order valence-corrected chi connectivity index (χ1v) is 10.0. The Bertz CT molecular complexity index is 1130. The van der Waals surface area contributed by atoms with Gasteiger partial charge in [0.25, 0.3) is 15.9 Å². The molecule has 0 spiro atoms. The maximum absolute atomic E-state index is 13.8. The second-order valence-electron chi connectivity index (χ2n) is 6.36. The molecule has 2 heterocycles. The van der Waals surface area contributed by atoms with E-state index in [9.17, 15) is 17.6 Å². The van der Waals surface area contributed by atoms with Crippen LogP contribution in [0.5, 0.6) is 0 Å². The molecular formula is C19H16FN3O4S. The molecule has 4 rings (SSSR count). The van der Waals surface area contributed by atoms with Crippen molar-refractivity contribution in [2.75, 3.05) is 11.3 Å². The van der Waals surface area contributed by atoms with E-state index in [-0.39, 0.29) is 11.6 Å². The summed E-state index contributed by atoms with van der Waals surface area (Å²) in [5.74, 6) is -0.211. The molecule has 0 bridgehead atoms. The summed E-state index contributed by atoms with van der Waals surface area (Å²) in [5, 5.41) is 3.74. The Morgan fingerprint density at radius 1 is 1.14 bits per heavy atom. The van der Waals surface area contributed by atoms with Gasteiger partial charge in [0.2, 0.25) is 0 Å². The first-order valence-electron chi connectivity index (χ1n) is 8.53. The van der Waals surface area contributed by atoms with Gasteiger partial charge in [-0.15, -0.1) is 0 Å². The summed E-state index contributed by atoms with van der Waals surface area (Å²) in [4.78, 5) is 13.9. The summed E-state index contributed by atoms with van der Waals surface area (Å²) in [6.45, 7) is 0.933. The molecule has 2 aromatic carbocycles. The third-order valence-corrected chi connectivity index (χ3v) is 5.91. The Labute approximate surface area is 160 Å². The molecule has 1 aliphatic heterocycles. The summed E-state index contributed by atoms with van der Waals surface area (Å²) in [6.07, 6.45) is 2.21. The lowest BCUT2D eigenvalue weighted by molar-refractivity contribution is 0.0729. The first kappa shape index (κ1) is 18.2. The molecule has 0 atom stereocenters. The van der Waals surface area contributed by atoms with Crippen molar-refractivity contribution in [2.45, 2.75) is 17.9 Å². The number of hydrogen-bond acceptors (Lipinski definition) is 5. The van der Waals surface area contributed by atoms with E-state index in [1.54, 1.807) is 11.1 Å². The van der Waals surface area contributed by atoms with Crippen LogP contribution < -0.4 is 4.72 Å². The van der Waals surface area contributed by atoms with Gasteiger partial charge >= 0.3 is 0 Å². The lowest BCUT2D eigenvalue weighted by atomic mass is 10.1. The molecule has 0 radical (unpaired) electrons. The number of benzene rings is 2. The van der Waals surface area contributed by atoms with Crippen LogP contribution in [-0.4, -0.2) is 30.9 Å². The van der Waals surface area contributed by atoms with Crippen molar-refractivity contribution < 1.29 is 22.1 Å². The summed E-state index contributed by atoms with van der Waals surface area (Å²) >= 11 is 0. The third kappa shape index (κ3) is 3.48. The first-order chi connectivity index (χ1) is 13.4. The number of rotatable bonds is 4. The molecule has 1 amide bonds. The Morgan fingerprint density at radius 2 is 1.89 bits per heavy atom. The van der Waals surface area contributed by atoms with Crippen LogP contribution in [0.1, 0.15) is 21.7 Å². The topological polar surface area (TPSA) is 92.5 Å². The van der Waals surface area contributed by atoms with Gasteiger partial charge in [0.15, 0.2) is 0 Å². The van der Waals surface area contributed by atoms with E-state index in [4.69, 9.17) is 4.52 Å². The van der Waals surface area contributed by atoms with Gasteiger partial charge in [-0.25, -0.2) is 12.8 Å².